The van der Waals surface area contributed by atoms with Gasteiger partial charge in [0.2, 0.25) is 0 Å². The minimum atomic E-state index is -5.17. The van der Waals surface area contributed by atoms with E-state index in [4.69, 9.17) is 17.5 Å². The first kappa shape index (κ1) is 15.8. The van der Waals surface area contributed by atoms with E-state index in [9.17, 15) is 0 Å². The second-order valence-corrected chi connectivity index (χ2v) is 1.22. The molecule has 0 aromatic rings. The quantitative estimate of drug-likeness (QED) is 0.209. The maximum Gasteiger partial charge on any atom is 2.00 e. The van der Waals surface area contributed by atoms with Crippen molar-refractivity contribution < 1.29 is 64.4 Å². The van der Waals surface area contributed by atoms with Crippen LogP contribution in [0.3, 0.4) is 0 Å². The van der Waals surface area contributed by atoms with Crippen molar-refractivity contribution in [1.29, 1.82) is 0 Å². The summed E-state index contributed by atoms with van der Waals surface area (Å²) in [7, 11) is -5.17. The van der Waals surface area contributed by atoms with Crippen molar-refractivity contribution >= 4 is 10.4 Å². The van der Waals surface area contributed by atoms with Crippen molar-refractivity contribution in [2.45, 2.75) is 0 Å². The number of hydrogen-bond acceptors (Lipinski definition) is 4. The van der Waals surface area contributed by atoms with E-state index >= 15 is 0 Å². The Bertz CT molecular complexity index is 94.9. The summed E-state index contributed by atoms with van der Waals surface area (Å²) in [6.45, 7) is 0. The molecule has 0 unspecified atom stereocenters. The second-order valence-electron chi connectivity index (χ2n) is 0.408. The van der Waals surface area contributed by atoms with Crippen LogP contribution in [0.15, 0.2) is 0 Å². The SMILES string of the molecule is O=S(=O)([O-])[O-].[Cr+2].[Na+]. The normalized spacial score (nSPS) is 8.29. The van der Waals surface area contributed by atoms with Crippen molar-refractivity contribution in [3.8, 4) is 0 Å². The molecule has 0 aliphatic carbocycles. The number of rotatable bonds is 0. The third-order valence-electron chi connectivity index (χ3n) is 0. The average molecular weight is 171 g/mol. The summed E-state index contributed by atoms with van der Waals surface area (Å²) in [5.41, 5.74) is 0. The molecule has 0 saturated carbocycles. The van der Waals surface area contributed by atoms with Gasteiger partial charge in [-0.15, -0.1) is 0 Å². The zero-order chi connectivity index (χ0) is 4.50. The third-order valence-corrected chi connectivity index (χ3v) is 0. The Hall–Kier alpha value is 1.40. The van der Waals surface area contributed by atoms with Crippen LogP contribution in [0.2, 0.25) is 0 Å². The van der Waals surface area contributed by atoms with Gasteiger partial charge in [-0.2, -0.15) is 0 Å². The van der Waals surface area contributed by atoms with Crippen LogP contribution >= 0.6 is 0 Å². The first-order valence-electron chi connectivity index (χ1n) is 0.667. The van der Waals surface area contributed by atoms with Crippen LogP contribution in [-0.2, 0) is 27.8 Å². The molecule has 0 aromatic carbocycles. The van der Waals surface area contributed by atoms with Gasteiger partial charge < -0.3 is 9.11 Å². The smallest absolute Gasteiger partial charge is 0.759 e. The van der Waals surface area contributed by atoms with Crippen molar-refractivity contribution in [2.75, 3.05) is 0 Å². The third kappa shape index (κ3) is 110. The van der Waals surface area contributed by atoms with Crippen LogP contribution in [0.5, 0.6) is 0 Å². The van der Waals surface area contributed by atoms with E-state index in [-0.39, 0.29) is 46.9 Å². The van der Waals surface area contributed by atoms with E-state index in [0.29, 0.717) is 0 Å². The van der Waals surface area contributed by atoms with E-state index in [1.165, 1.54) is 0 Å². The van der Waals surface area contributed by atoms with Gasteiger partial charge in [0.1, 0.15) is 0 Å². The largest absolute Gasteiger partial charge is 2.00 e. The molecule has 4 nitrogen and oxygen atoms in total. The van der Waals surface area contributed by atoms with E-state index in [1.54, 1.807) is 0 Å². The fraction of sp³-hybridized carbons (Fsp3) is 0. The van der Waals surface area contributed by atoms with Gasteiger partial charge in [0.15, 0.2) is 0 Å². The molecule has 0 saturated heterocycles. The van der Waals surface area contributed by atoms with Crippen LogP contribution in [0.4, 0.5) is 0 Å². The van der Waals surface area contributed by atoms with Gasteiger partial charge in [-0.25, -0.2) is 0 Å². The molecule has 0 heterocycles. The van der Waals surface area contributed by atoms with E-state index in [1.807, 2.05) is 0 Å². The van der Waals surface area contributed by atoms with E-state index in [0.717, 1.165) is 0 Å². The maximum absolute atomic E-state index is 8.52. The van der Waals surface area contributed by atoms with Gasteiger partial charge >= 0.3 is 46.9 Å². The molecule has 0 amide bonds. The molecule has 0 fully saturated rings. The molecule has 0 spiro atoms. The molecule has 0 N–H and O–H groups in total. The number of hydrogen-bond donors (Lipinski definition) is 0. The molecular weight excluding hydrogens is 171 g/mol. The van der Waals surface area contributed by atoms with Gasteiger partial charge in [-0.3, -0.25) is 8.42 Å². The molecule has 0 aliphatic rings. The maximum atomic E-state index is 8.52. The Morgan fingerprint density at radius 1 is 1.14 bits per heavy atom. The fourth-order valence-electron chi connectivity index (χ4n) is 0. The summed E-state index contributed by atoms with van der Waals surface area (Å²) in [6.07, 6.45) is 0. The summed E-state index contributed by atoms with van der Waals surface area (Å²) in [4.78, 5) is 0. The first-order chi connectivity index (χ1) is 2.00. The van der Waals surface area contributed by atoms with Gasteiger partial charge in [0, 0.05) is 10.4 Å². The Kier molecular flexibility index (Phi) is 12.5. The molecule has 0 bridgehead atoms. The zero-order valence-electron chi connectivity index (χ0n) is 3.45. The van der Waals surface area contributed by atoms with Crippen molar-refractivity contribution in [2.24, 2.45) is 0 Å². The Labute approximate surface area is 74.3 Å². The van der Waals surface area contributed by atoms with Crippen molar-refractivity contribution in [3.05, 3.63) is 0 Å². The zero-order valence-corrected chi connectivity index (χ0v) is 7.54. The summed E-state index contributed by atoms with van der Waals surface area (Å²) < 4.78 is 34.1. The standard InChI is InChI=1S/Cr.Na.H2O4S/c;;1-5(2,3)4/h;;(H2,1,2,3,4)/q+2;+1;/p-2. The van der Waals surface area contributed by atoms with Gasteiger partial charge in [-0.05, 0) is 0 Å². The van der Waals surface area contributed by atoms with Gasteiger partial charge in [-0.1, -0.05) is 0 Å². The second kappa shape index (κ2) is 5.54. The summed E-state index contributed by atoms with van der Waals surface area (Å²) >= 11 is 0. The predicted octanol–water partition coefficient (Wildman–Crippen LogP) is -4.34. The molecule has 0 aliphatic heterocycles. The predicted molar refractivity (Wildman–Crippen MR) is 10.5 cm³/mol. The molecule has 0 atom stereocenters. The van der Waals surface area contributed by atoms with Gasteiger partial charge in [0.25, 0.3) is 0 Å². The van der Waals surface area contributed by atoms with Gasteiger partial charge in [0.05, 0.1) is 0 Å². The Morgan fingerprint density at radius 3 is 1.14 bits per heavy atom. The minimum Gasteiger partial charge on any atom is -0.759 e. The van der Waals surface area contributed by atoms with Crippen LogP contribution in [0.25, 0.3) is 0 Å². The van der Waals surface area contributed by atoms with Crippen LogP contribution in [-0.4, -0.2) is 17.5 Å². The van der Waals surface area contributed by atoms with Crippen LogP contribution in [0, 0.1) is 0 Å². The molecule has 0 aromatic heterocycles. The average Bonchev–Trinajstić information content (AvgIpc) is 0.722. The molecular formula is CrNaO4S+. The summed E-state index contributed by atoms with van der Waals surface area (Å²) in [5, 5.41) is 0. The van der Waals surface area contributed by atoms with Crippen molar-refractivity contribution in [3.63, 3.8) is 0 Å². The van der Waals surface area contributed by atoms with Crippen LogP contribution in [0.1, 0.15) is 0 Å². The van der Waals surface area contributed by atoms with Crippen molar-refractivity contribution in [1.82, 2.24) is 0 Å². The topological polar surface area (TPSA) is 80.3 Å². The van der Waals surface area contributed by atoms with E-state index in [2.05, 4.69) is 0 Å². The molecule has 36 valence electrons. The van der Waals surface area contributed by atoms with Crippen LogP contribution < -0.4 is 29.6 Å². The molecule has 0 radical (unpaired) electrons. The molecule has 0 rings (SSSR count). The monoisotopic (exact) mass is 171 g/mol. The summed E-state index contributed by atoms with van der Waals surface area (Å²) in [6, 6.07) is 0. The Balaban J connectivity index is -0.0000000800. The first-order valence-corrected chi connectivity index (χ1v) is 2.00. The summed E-state index contributed by atoms with van der Waals surface area (Å²) in [5.74, 6) is 0. The molecule has 7 heteroatoms. The molecule has 7 heavy (non-hydrogen) atoms. The van der Waals surface area contributed by atoms with E-state index < -0.39 is 10.4 Å². The fourth-order valence-corrected chi connectivity index (χ4v) is 0. The minimum absolute atomic E-state index is 0. The Morgan fingerprint density at radius 2 is 1.14 bits per heavy atom.